The van der Waals surface area contributed by atoms with Gasteiger partial charge in [-0.25, -0.2) is 14.6 Å². The maximum Gasteiger partial charge on any atom is 0.278 e. The van der Waals surface area contributed by atoms with Gasteiger partial charge in [0.15, 0.2) is 5.65 Å². The van der Waals surface area contributed by atoms with Crippen LogP contribution in [0, 0.1) is 6.92 Å². The SMILES string of the molecule is CCn1c(N)nc2cc(C(=O)NCCOc3nonc3C)cnc21. The predicted molar refractivity (Wildman–Crippen MR) is 84.5 cm³/mol. The molecule has 3 N–H and O–H groups in total. The fourth-order valence-electron chi connectivity index (χ4n) is 2.23. The molecule has 10 nitrogen and oxygen atoms in total. The van der Waals surface area contributed by atoms with Crippen LogP contribution in [0.4, 0.5) is 5.95 Å². The molecule has 24 heavy (non-hydrogen) atoms. The highest BCUT2D eigenvalue weighted by atomic mass is 16.6. The number of hydrogen-bond acceptors (Lipinski definition) is 8. The lowest BCUT2D eigenvalue weighted by Crippen LogP contribution is -2.28. The Bertz CT molecular complexity index is 871. The Morgan fingerprint density at radius 1 is 1.46 bits per heavy atom. The summed E-state index contributed by atoms with van der Waals surface area (Å²) in [4.78, 5) is 20.6. The van der Waals surface area contributed by atoms with Crippen LogP contribution in [0.25, 0.3) is 11.2 Å². The van der Waals surface area contributed by atoms with Gasteiger partial charge < -0.3 is 15.8 Å². The first-order valence-corrected chi connectivity index (χ1v) is 7.42. The summed E-state index contributed by atoms with van der Waals surface area (Å²) in [5, 5.41) is 9.92. The quantitative estimate of drug-likeness (QED) is 0.625. The number of ether oxygens (including phenoxy) is 1. The minimum absolute atomic E-state index is 0.244. The Hall–Kier alpha value is -3.17. The third-order valence-electron chi connectivity index (χ3n) is 3.43. The van der Waals surface area contributed by atoms with Gasteiger partial charge in [-0.2, -0.15) is 0 Å². The van der Waals surface area contributed by atoms with Crippen molar-refractivity contribution in [2.45, 2.75) is 20.4 Å². The number of pyridine rings is 1. The smallest absolute Gasteiger partial charge is 0.278 e. The second-order valence-corrected chi connectivity index (χ2v) is 5.04. The third-order valence-corrected chi connectivity index (χ3v) is 3.43. The number of hydrogen-bond donors (Lipinski definition) is 2. The van der Waals surface area contributed by atoms with E-state index in [1.807, 2.05) is 6.92 Å². The van der Waals surface area contributed by atoms with Crippen LogP contribution in [0.5, 0.6) is 5.88 Å². The van der Waals surface area contributed by atoms with Gasteiger partial charge in [0.1, 0.15) is 17.8 Å². The summed E-state index contributed by atoms with van der Waals surface area (Å²) in [5.74, 6) is 0.420. The fraction of sp³-hybridized carbons (Fsp3) is 0.357. The monoisotopic (exact) mass is 331 g/mol. The number of carbonyl (C=O) groups excluding carboxylic acids is 1. The van der Waals surface area contributed by atoms with Gasteiger partial charge in [0, 0.05) is 12.7 Å². The number of amides is 1. The van der Waals surface area contributed by atoms with Gasteiger partial charge in [0.25, 0.3) is 11.8 Å². The van der Waals surface area contributed by atoms with E-state index in [2.05, 4.69) is 30.2 Å². The summed E-state index contributed by atoms with van der Waals surface area (Å²) in [5.41, 5.74) is 8.03. The summed E-state index contributed by atoms with van der Waals surface area (Å²) >= 11 is 0. The van der Waals surface area contributed by atoms with Crippen LogP contribution in [0.2, 0.25) is 0 Å². The Morgan fingerprint density at radius 3 is 3.00 bits per heavy atom. The minimum Gasteiger partial charge on any atom is -0.472 e. The highest BCUT2D eigenvalue weighted by molar-refractivity contribution is 5.96. The summed E-state index contributed by atoms with van der Waals surface area (Å²) in [6, 6.07) is 1.66. The zero-order chi connectivity index (χ0) is 17.1. The molecule has 0 saturated carbocycles. The van der Waals surface area contributed by atoms with Crippen molar-refractivity contribution in [3.05, 3.63) is 23.5 Å². The molecule has 3 heterocycles. The number of carbonyl (C=O) groups is 1. The maximum absolute atomic E-state index is 12.2. The van der Waals surface area contributed by atoms with Crippen molar-refractivity contribution in [1.29, 1.82) is 0 Å². The molecule has 126 valence electrons. The van der Waals surface area contributed by atoms with Crippen molar-refractivity contribution in [2.24, 2.45) is 0 Å². The van der Waals surface area contributed by atoms with E-state index in [9.17, 15) is 4.79 Å². The van der Waals surface area contributed by atoms with Gasteiger partial charge in [-0.3, -0.25) is 9.36 Å². The average Bonchev–Trinajstić information content (AvgIpc) is 3.12. The highest BCUT2D eigenvalue weighted by Crippen LogP contribution is 2.16. The number of aromatic nitrogens is 5. The Kier molecular flexibility index (Phi) is 4.27. The van der Waals surface area contributed by atoms with Crippen LogP contribution in [-0.4, -0.2) is 43.9 Å². The minimum atomic E-state index is -0.271. The number of nitrogen functional groups attached to an aromatic ring is 1. The van der Waals surface area contributed by atoms with Crippen LogP contribution in [0.3, 0.4) is 0 Å². The molecule has 0 atom stereocenters. The lowest BCUT2D eigenvalue weighted by Gasteiger charge is -2.06. The van der Waals surface area contributed by atoms with Gasteiger partial charge in [0.2, 0.25) is 5.95 Å². The zero-order valence-electron chi connectivity index (χ0n) is 13.3. The van der Waals surface area contributed by atoms with Crippen molar-refractivity contribution in [2.75, 3.05) is 18.9 Å². The van der Waals surface area contributed by atoms with Gasteiger partial charge in [-0.1, -0.05) is 5.16 Å². The van der Waals surface area contributed by atoms with Crippen molar-refractivity contribution in [3.8, 4) is 5.88 Å². The Labute approximate surface area is 137 Å². The lowest BCUT2D eigenvalue weighted by atomic mass is 10.2. The van der Waals surface area contributed by atoms with Gasteiger partial charge in [-0.15, -0.1) is 0 Å². The molecule has 3 rings (SSSR count). The lowest BCUT2D eigenvalue weighted by molar-refractivity contribution is 0.0946. The molecule has 0 aliphatic rings. The molecule has 0 unspecified atom stereocenters. The van der Waals surface area contributed by atoms with Crippen molar-refractivity contribution in [3.63, 3.8) is 0 Å². The van der Waals surface area contributed by atoms with E-state index in [4.69, 9.17) is 10.5 Å². The Balaban J connectivity index is 1.60. The molecule has 10 heteroatoms. The third kappa shape index (κ3) is 2.98. The Morgan fingerprint density at radius 2 is 2.29 bits per heavy atom. The predicted octanol–water partition coefficient (Wildman–Crippen LogP) is 0.534. The number of aryl methyl sites for hydroxylation is 2. The average molecular weight is 331 g/mol. The normalized spacial score (nSPS) is 10.9. The molecule has 0 aromatic carbocycles. The van der Waals surface area contributed by atoms with E-state index >= 15 is 0 Å². The molecule has 1 amide bonds. The van der Waals surface area contributed by atoms with E-state index < -0.39 is 0 Å². The van der Waals surface area contributed by atoms with E-state index in [0.717, 1.165) is 0 Å². The second-order valence-electron chi connectivity index (χ2n) is 5.04. The molecule has 0 aliphatic carbocycles. The first-order chi connectivity index (χ1) is 11.6. The molecular weight excluding hydrogens is 314 g/mol. The molecule has 0 saturated heterocycles. The van der Waals surface area contributed by atoms with Crippen LogP contribution in [0.1, 0.15) is 23.0 Å². The molecule has 0 fully saturated rings. The molecular formula is C14H17N7O3. The number of nitrogens with one attached hydrogen (secondary N) is 1. The first-order valence-electron chi connectivity index (χ1n) is 7.42. The number of nitrogens with two attached hydrogens (primary N) is 1. The van der Waals surface area contributed by atoms with E-state index in [1.165, 1.54) is 6.20 Å². The summed E-state index contributed by atoms with van der Waals surface area (Å²) in [6.45, 7) is 4.87. The summed E-state index contributed by atoms with van der Waals surface area (Å²) in [6.07, 6.45) is 1.50. The largest absolute Gasteiger partial charge is 0.472 e. The topological polar surface area (TPSA) is 134 Å². The molecule has 0 bridgehead atoms. The van der Waals surface area contributed by atoms with E-state index in [-0.39, 0.29) is 12.5 Å². The molecule has 0 radical (unpaired) electrons. The van der Waals surface area contributed by atoms with Gasteiger partial charge >= 0.3 is 0 Å². The fourth-order valence-corrected chi connectivity index (χ4v) is 2.23. The molecule has 3 aromatic rings. The molecule has 0 aliphatic heterocycles. The van der Waals surface area contributed by atoms with Gasteiger partial charge in [0.05, 0.1) is 12.1 Å². The van der Waals surface area contributed by atoms with Gasteiger partial charge in [-0.05, 0) is 25.1 Å². The van der Waals surface area contributed by atoms with Crippen LogP contribution < -0.4 is 15.8 Å². The summed E-state index contributed by atoms with van der Waals surface area (Å²) < 4.78 is 11.6. The molecule has 3 aromatic heterocycles. The zero-order valence-corrected chi connectivity index (χ0v) is 13.3. The standard InChI is InChI=1S/C14H17N7O3/c1-3-21-11-10(18-14(21)15)6-9(7-17-11)12(22)16-4-5-23-13-8(2)19-24-20-13/h6-7H,3-5H2,1-2H3,(H2,15,18)(H,16,22). The number of imidazole rings is 1. The summed E-state index contributed by atoms with van der Waals surface area (Å²) in [7, 11) is 0. The number of anilines is 1. The van der Waals surface area contributed by atoms with Crippen LogP contribution >= 0.6 is 0 Å². The van der Waals surface area contributed by atoms with Crippen LogP contribution in [-0.2, 0) is 6.54 Å². The van der Waals surface area contributed by atoms with E-state index in [0.29, 0.717) is 47.3 Å². The maximum atomic E-state index is 12.2. The second kappa shape index (κ2) is 6.52. The number of rotatable bonds is 6. The number of nitrogens with zero attached hydrogens (tertiary/aromatic N) is 5. The first kappa shape index (κ1) is 15.7. The number of fused-ring (bicyclic) bond motifs is 1. The van der Waals surface area contributed by atoms with Crippen LogP contribution in [0.15, 0.2) is 16.9 Å². The van der Waals surface area contributed by atoms with Crippen molar-refractivity contribution >= 4 is 23.0 Å². The van der Waals surface area contributed by atoms with E-state index in [1.54, 1.807) is 17.6 Å². The van der Waals surface area contributed by atoms with Crippen molar-refractivity contribution in [1.82, 2.24) is 30.2 Å². The highest BCUT2D eigenvalue weighted by Gasteiger charge is 2.12. The van der Waals surface area contributed by atoms with Crippen molar-refractivity contribution < 1.29 is 14.2 Å². The molecule has 0 spiro atoms.